The third-order valence-corrected chi connectivity index (χ3v) is 2.21. The summed E-state index contributed by atoms with van der Waals surface area (Å²) in [7, 11) is -2.06. The molecule has 5 nitrogen and oxygen atoms in total. The highest BCUT2D eigenvalue weighted by atomic mass is 31.2. The molecule has 62 valence electrons. The van der Waals surface area contributed by atoms with Crippen LogP contribution < -0.4 is 5.30 Å². The second kappa shape index (κ2) is 2.79. The minimum absolute atomic E-state index is 0.438. The van der Waals surface area contributed by atoms with Gasteiger partial charge in [-0.25, -0.2) is 4.63 Å². The largest absolute Gasteiger partial charge is 0.347 e. The summed E-state index contributed by atoms with van der Waals surface area (Å²) in [6.07, 6.45) is 0. The molecule has 0 aliphatic heterocycles. The number of nitrogens with zero attached hydrogens (tertiary/aromatic N) is 2. The van der Waals surface area contributed by atoms with E-state index < -0.39 is 8.38 Å². The monoisotopic (exact) mass is 184 g/mol. The minimum Gasteiger partial charge on any atom is -0.347 e. The van der Waals surface area contributed by atoms with Gasteiger partial charge in [-0.2, -0.15) is 0 Å². The molecule has 2 rings (SSSR count). The van der Waals surface area contributed by atoms with Crippen molar-refractivity contribution in [1.82, 2.24) is 10.3 Å². The van der Waals surface area contributed by atoms with Crippen LogP contribution in [0.2, 0.25) is 0 Å². The molecule has 1 aromatic heterocycles. The number of hydrogen-bond donors (Lipinski definition) is 2. The first kappa shape index (κ1) is 7.61. The maximum atomic E-state index is 8.86. The minimum atomic E-state index is -2.06. The molecular formula is C6H5N2O3P. The Kier molecular flexibility index (Phi) is 1.77. The van der Waals surface area contributed by atoms with Gasteiger partial charge in [-0.15, -0.1) is 0 Å². The maximum absolute atomic E-state index is 8.86. The summed E-state index contributed by atoms with van der Waals surface area (Å²) >= 11 is 0. The Morgan fingerprint density at radius 1 is 1.17 bits per heavy atom. The zero-order chi connectivity index (χ0) is 8.55. The average Bonchev–Trinajstić information content (AvgIpc) is 2.49. The number of aromatic nitrogens is 2. The van der Waals surface area contributed by atoms with Crippen molar-refractivity contribution in [3.05, 3.63) is 18.2 Å². The number of fused-ring (bicyclic) bond motifs is 1. The van der Waals surface area contributed by atoms with Crippen molar-refractivity contribution in [3.63, 3.8) is 0 Å². The zero-order valence-electron chi connectivity index (χ0n) is 5.88. The molecule has 0 saturated carbocycles. The molecule has 0 aliphatic carbocycles. The van der Waals surface area contributed by atoms with E-state index in [0.717, 1.165) is 0 Å². The highest BCUT2D eigenvalue weighted by molar-refractivity contribution is 7.54. The molecule has 0 atom stereocenters. The second-order valence-electron chi connectivity index (χ2n) is 2.23. The molecule has 1 aromatic carbocycles. The Labute approximate surface area is 68.5 Å². The van der Waals surface area contributed by atoms with E-state index in [1.807, 2.05) is 0 Å². The Balaban J connectivity index is 2.60. The second-order valence-corrected chi connectivity index (χ2v) is 3.32. The van der Waals surface area contributed by atoms with Crippen LogP contribution in [-0.2, 0) is 0 Å². The Morgan fingerprint density at radius 3 is 2.67 bits per heavy atom. The van der Waals surface area contributed by atoms with E-state index in [4.69, 9.17) is 9.79 Å². The molecular weight excluding hydrogens is 179 g/mol. The first-order valence-corrected chi connectivity index (χ1v) is 4.42. The van der Waals surface area contributed by atoms with E-state index in [9.17, 15) is 0 Å². The summed E-state index contributed by atoms with van der Waals surface area (Å²) in [6, 6.07) is 4.75. The lowest BCUT2D eigenvalue weighted by Gasteiger charge is -1.99. The molecule has 0 saturated heterocycles. The van der Waals surface area contributed by atoms with Crippen LogP contribution in [0.4, 0.5) is 0 Å². The third-order valence-electron chi connectivity index (χ3n) is 1.47. The fourth-order valence-corrected chi connectivity index (χ4v) is 1.34. The summed E-state index contributed by atoms with van der Waals surface area (Å²) in [5.41, 5.74) is 1.14. The SMILES string of the molecule is OP(O)c1ccc2nonc2c1. The predicted molar refractivity (Wildman–Crippen MR) is 42.8 cm³/mol. The maximum Gasteiger partial charge on any atom is 0.199 e. The third kappa shape index (κ3) is 1.18. The van der Waals surface area contributed by atoms with E-state index in [2.05, 4.69) is 14.9 Å². The van der Waals surface area contributed by atoms with Gasteiger partial charge in [-0.3, -0.25) is 0 Å². The van der Waals surface area contributed by atoms with Crippen LogP contribution in [-0.4, -0.2) is 20.1 Å². The smallest absolute Gasteiger partial charge is 0.199 e. The summed E-state index contributed by atoms with van der Waals surface area (Å²) in [5.74, 6) is 0. The van der Waals surface area contributed by atoms with Gasteiger partial charge >= 0.3 is 0 Å². The van der Waals surface area contributed by atoms with Gasteiger partial charge in [0.1, 0.15) is 11.0 Å². The highest BCUT2D eigenvalue weighted by Crippen LogP contribution is 2.23. The van der Waals surface area contributed by atoms with Crippen molar-refractivity contribution in [2.75, 3.05) is 0 Å². The predicted octanol–water partition coefficient (Wildman–Crippen LogP) is 0.145. The lowest BCUT2D eigenvalue weighted by Crippen LogP contribution is -1.98. The van der Waals surface area contributed by atoms with Crippen molar-refractivity contribution >= 4 is 24.7 Å². The highest BCUT2D eigenvalue weighted by Gasteiger charge is 2.06. The van der Waals surface area contributed by atoms with Crippen molar-refractivity contribution in [2.24, 2.45) is 0 Å². The van der Waals surface area contributed by atoms with Gasteiger partial charge in [0.2, 0.25) is 0 Å². The molecule has 1 heterocycles. The van der Waals surface area contributed by atoms with Crippen LogP contribution in [0.5, 0.6) is 0 Å². The van der Waals surface area contributed by atoms with Gasteiger partial charge in [0, 0.05) is 5.30 Å². The summed E-state index contributed by atoms with van der Waals surface area (Å²) < 4.78 is 4.44. The van der Waals surface area contributed by atoms with E-state index in [-0.39, 0.29) is 0 Å². The van der Waals surface area contributed by atoms with E-state index in [1.165, 1.54) is 6.07 Å². The average molecular weight is 184 g/mol. The van der Waals surface area contributed by atoms with Crippen LogP contribution in [0.15, 0.2) is 22.8 Å². The number of hydrogen-bond acceptors (Lipinski definition) is 5. The first-order valence-electron chi connectivity index (χ1n) is 3.17. The molecule has 2 aromatic rings. The van der Waals surface area contributed by atoms with Gasteiger partial charge in [0.15, 0.2) is 8.38 Å². The summed E-state index contributed by atoms with van der Waals surface area (Å²) in [5, 5.41) is 7.58. The molecule has 2 N–H and O–H groups in total. The molecule has 0 radical (unpaired) electrons. The Bertz CT molecular complexity index is 400. The van der Waals surface area contributed by atoms with Crippen LogP contribution in [0.3, 0.4) is 0 Å². The Hall–Kier alpha value is -1.03. The van der Waals surface area contributed by atoms with E-state index in [0.29, 0.717) is 16.3 Å². The molecule has 0 unspecified atom stereocenters. The molecule has 0 aliphatic rings. The van der Waals surface area contributed by atoms with Gasteiger partial charge in [-0.1, -0.05) is 0 Å². The van der Waals surface area contributed by atoms with Crippen LogP contribution >= 0.6 is 8.38 Å². The Morgan fingerprint density at radius 2 is 1.92 bits per heavy atom. The summed E-state index contributed by atoms with van der Waals surface area (Å²) in [6.45, 7) is 0. The lowest BCUT2D eigenvalue weighted by atomic mass is 10.3. The van der Waals surface area contributed by atoms with E-state index >= 15 is 0 Å². The van der Waals surface area contributed by atoms with Crippen LogP contribution in [0.25, 0.3) is 11.0 Å². The zero-order valence-corrected chi connectivity index (χ0v) is 6.77. The molecule has 0 fully saturated rings. The lowest BCUT2D eigenvalue weighted by molar-refractivity contribution is 0.315. The van der Waals surface area contributed by atoms with Gasteiger partial charge < -0.3 is 9.79 Å². The summed E-state index contributed by atoms with van der Waals surface area (Å²) in [4.78, 5) is 17.7. The van der Waals surface area contributed by atoms with Crippen molar-refractivity contribution in [3.8, 4) is 0 Å². The fourth-order valence-electron chi connectivity index (χ4n) is 0.895. The van der Waals surface area contributed by atoms with Crippen LogP contribution in [0, 0.1) is 0 Å². The molecule has 0 amide bonds. The van der Waals surface area contributed by atoms with Crippen molar-refractivity contribution in [2.45, 2.75) is 0 Å². The normalized spacial score (nSPS) is 11.2. The van der Waals surface area contributed by atoms with E-state index in [1.54, 1.807) is 12.1 Å². The number of rotatable bonds is 1. The van der Waals surface area contributed by atoms with Crippen LogP contribution in [0.1, 0.15) is 0 Å². The first-order chi connectivity index (χ1) is 5.77. The quantitative estimate of drug-likeness (QED) is 0.616. The molecule has 12 heavy (non-hydrogen) atoms. The van der Waals surface area contributed by atoms with Gasteiger partial charge in [0.25, 0.3) is 0 Å². The van der Waals surface area contributed by atoms with Gasteiger partial charge in [-0.05, 0) is 28.5 Å². The van der Waals surface area contributed by atoms with Crippen molar-refractivity contribution < 1.29 is 14.4 Å². The number of benzene rings is 1. The molecule has 0 spiro atoms. The topological polar surface area (TPSA) is 79.4 Å². The van der Waals surface area contributed by atoms with Gasteiger partial charge in [0.05, 0.1) is 0 Å². The van der Waals surface area contributed by atoms with Crippen molar-refractivity contribution in [1.29, 1.82) is 0 Å². The fraction of sp³-hybridized carbons (Fsp3) is 0. The standard InChI is InChI=1S/C6H5N2O3P/c9-12(10)4-1-2-5-6(3-4)8-11-7-5/h1-3,9-10H. The molecule has 6 heteroatoms. The molecule has 0 bridgehead atoms.